The van der Waals surface area contributed by atoms with Crippen molar-refractivity contribution in [1.29, 1.82) is 5.26 Å². The quantitative estimate of drug-likeness (QED) is 0.0324. The lowest BCUT2D eigenvalue weighted by atomic mass is 9.74. The van der Waals surface area contributed by atoms with Crippen molar-refractivity contribution in [2.45, 2.75) is 176 Å². The molecular formula is C112H121BrF4N22O8S2. The second-order valence-electron chi connectivity index (χ2n) is 38.6. The van der Waals surface area contributed by atoms with Crippen LogP contribution in [-0.2, 0) is 71.8 Å². The Morgan fingerprint density at radius 1 is 0.604 bits per heavy atom. The fourth-order valence-electron chi connectivity index (χ4n) is 20.2. The highest BCUT2D eigenvalue weighted by atomic mass is 79.9. The van der Waals surface area contributed by atoms with Gasteiger partial charge in [0.15, 0.2) is 35.3 Å². The van der Waals surface area contributed by atoms with Gasteiger partial charge in [-0.1, -0.05) is 188 Å². The summed E-state index contributed by atoms with van der Waals surface area (Å²) in [5.41, 5.74) is 36.1. The van der Waals surface area contributed by atoms with Crippen molar-refractivity contribution in [3.63, 3.8) is 0 Å². The summed E-state index contributed by atoms with van der Waals surface area (Å²) in [6, 6.07) is 68.5. The number of pyridine rings is 1. The third kappa shape index (κ3) is 23.5. The van der Waals surface area contributed by atoms with Crippen LogP contribution in [0.2, 0.25) is 0 Å². The molecule has 8 atom stereocenters. The van der Waals surface area contributed by atoms with Gasteiger partial charge in [-0.25, -0.2) is 34.0 Å². The van der Waals surface area contributed by atoms with Crippen LogP contribution in [0.4, 0.5) is 17.6 Å². The van der Waals surface area contributed by atoms with E-state index in [4.69, 9.17) is 48.1 Å². The topological polar surface area (TPSA) is 412 Å². The Kier molecular flexibility index (Phi) is 33.4. The molecule has 0 radical (unpaired) electrons. The summed E-state index contributed by atoms with van der Waals surface area (Å²) in [6.45, 7) is 8.53. The number of alkyl halides is 3. The first-order valence-electron chi connectivity index (χ1n) is 49.0. The smallest absolute Gasteiger partial charge is 0.416 e. The summed E-state index contributed by atoms with van der Waals surface area (Å²) in [6.07, 6.45) is 13.2. The minimum atomic E-state index is -4.48. The number of guanidine groups is 5. The monoisotopic (exact) mass is 2120 g/mol. The number of nitrogens with zero attached hydrogens (tertiary/aromatic N) is 16. The first kappa shape index (κ1) is 108. The van der Waals surface area contributed by atoms with E-state index in [1.807, 2.05) is 208 Å². The number of nitrogens with one attached hydrogen (secondary N) is 1. The van der Waals surface area contributed by atoms with E-state index in [1.54, 1.807) is 76.8 Å². The molecule has 149 heavy (non-hydrogen) atoms. The maximum Gasteiger partial charge on any atom is 0.416 e. The van der Waals surface area contributed by atoms with Crippen LogP contribution in [0.5, 0.6) is 11.5 Å². The molecule has 2 fully saturated rings. The molecule has 37 heteroatoms. The van der Waals surface area contributed by atoms with Gasteiger partial charge in [0.05, 0.1) is 73.8 Å². The van der Waals surface area contributed by atoms with E-state index in [1.165, 1.54) is 93.6 Å². The zero-order valence-electron chi connectivity index (χ0n) is 84.8. The lowest BCUT2D eigenvalue weighted by molar-refractivity contribution is -0.137. The van der Waals surface area contributed by atoms with Gasteiger partial charge in [0.25, 0.3) is 17.7 Å². The zero-order chi connectivity index (χ0) is 107. The van der Waals surface area contributed by atoms with Crippen LogP contribution in [0, 0.1) is 29.0 Å². The third-order valence-electron chi connectivity index (χ3n) is 28.9. The Balaban J connectivity index is 0.000000141. The normalized spacial score (nSPS) is 21.7. The minimum Gasteiger partial charge on any atom is -0.497 e. The number of carbonyl (C=O) groups excluding carboxylic acids is 6. The maximum absolute atomic E-state index is 14.0. The molecule has 7 aliphatic rings. The Labute approximate surface area is 880 Å². The number of aromatic nitrogens is 4. The molecule has 6 amide bonds. The van der Waals surface area contributed by atoms with Crippen LogP contribution < -0.4 is 43.5 Å². The summed E-state index contributed by atoms with van der Waals surface area (Å²) in [5, 5.41) is 25.4. The van der Waals surface area contributed by atoms with Crippen LogP contribution in [-0.4, -0.2) is 182 Å². The molecule has 4 aromatic heterocycles. The second kappa shape index (κ2) is 46.1. The van der Waals surface area contributed by atoms with Gasteiger partial charge < -0.3 is 48.4 Å². The van der Waals surface area contributed by atoms with Crippen molar-refractivity contribution in [3.8, 4) is 45.5 Å². The predicted molar refractivity (Wildman–Crippen MR) is 574 cm³/mol. The number of ether oxygens (including phenoxy) is 2. The Morgan fingerprint density at radius 3 is 1.87 bits per heavy atom. The van der Waals surface area contributed by atoms with Crippen molar-refractivity contribution in [2.75, 3.05) is 49.5 Å². The summed E-state index contributed by atoms with van der Waals surface area (Å²) < 4.78 is 65.3. The lowest BCUT2D eigenvalue weighted by Crippen LogP contribution is -2.54. The number of benzene rings is 8. The average Bonchev–Trinajstić information content (AvgIpc) is 1.61. The highest BCUT2D eigenvalue weighted by Gasteiger charge is 2.53. The molecule has 2 saturated carbocycles. The number of methoxy groups -OCH3 is 2. The van der Waals surface area contributed by atoms with Crippen molar-refractivity contribution < 1.29 is 55.8 Å². The highest BCUT2D eigenvalue weighted by molar-refractivity contribution is 9.10. The zero-order valence-corrected chi connectivity index (χ0v) is 88.0. The van der Waals surface area contributed by atoms with Gasteiger partial charge in [-0.3, -0.25) is 58.3 Å². The van der Waals surface area contributed by atoms with Crippen LogP contribution in [0.1, 0.15) is 181 Å². The number of hydrogen-bond acceptors (Lipinski definition) is 25. The van der Waals surface area contributed by atoms with Crippen LogP contribution >= 0.6 is 38.6 Å². The molecule has 5 aliphatic heterocycles. The molecule has 9 heterocycles. The van der Waals surface area contributed by atoms with Gasteiger partial charge in [0.1, 0.15) is 39.5 Å². The molecule has 11 N–H and O–H groups in total. The highest BCUT2D eigenvalue weighted by Crippen LogP contribution is 2.49. The Morgan fingerprint density at radius 2 is 1.24 bits per heavy atom. The summed E-state index contributed by atoms with van der Waals surface area (Å²) in [4.78, 5) is 117. The number of amides is 6. The maximum atomic E-state index is 14.0. The number of hydrogen-bond donors (Lipinski definition) is 6. The van der Waals surface area contributed by atoms with Gasteiger partial charge in [0.2, 0.25) is 17.7 Å². The number of thiophene rings is 2. The standard InChI is InChI=1S/C30H32N4O2.C26H22BrN7OS.C21H32N4O3.C19H17F4N3O.C16H18N4OS/c1-33(26-18-9-4-10-19-26)27(35)23-13-11-12-22(20-23)21-34-28(36)30(32-29(34)31,24-14-5-2-6-15-24)25-16-7-3-8-17-25;1-26(23-10-18(15-36-23)17-6-3-5-16(9-17)13-28)22(24(35)33(2)25(29)31-26)12-21-14-30-32-34(21)20-8-4-7-19(27)11-20;1-21(19(26)25(2)20(22)24-21)12-14-6-5-7-16(10-14)23-13-15-8-9-17(27-3)11-18(15)28-4;1-18(12-7-9-14(20)10-8-12)15(16(27)26(2)17(24)25-18)11-3-5-13(6-4-11)19(21,22)23;1-3-16(8-14(21)20(2)15(17)19-16)13-7-12(10-22-13)11-5-4-6-18-9-11/h2-3,5-8,11-17,20,26H,4,9-10,18-19,21H2,1H3,(H2,31,32);3-11,14-15,22H,12H2,1-2H3,(H2,29,31);8-9,11,14,16,23H,5-7,10,12-13H2,1-4H3,(H2,22,24);3-10,15H,1-2H3,(H2,24,25);4-7,9-10H,3,8H2,1-2H3,(H2,17,19)/t;22?,26-;14-,16+,21+;15-,18-;16-/m.0010/s1. The first-order chi connectivity index (χ1) is 71.2. The van der Waals surface area contributed by atoms with Crippen molar-refractivity contribution in [1.82, 2.24) is 54.7 Å². The van der Waals surface area contributed by atoms with E-state index < -0.39 is 63.0 Å². The van der Waals surface area contributed by atoms with Crippen molar-refractivity contribution in [3.05, 3.63) is 330 Å². The Bertz CT molecular complexity index is 7040. The number of aliphatic imine (C=N–C) groups is 5. The molecule has 0 saturated heterocycles. The number of halogens is 5. The summed E-state index contributed by atoms with van der Waals surface area (Å²) in [7, 11) is 11.7. The summed E-state index contributed by atoms with van der Waals surface area (Å²) >= 11 is 6.65. The lowest BCUT2D eigenvalue weighted by Gasteiger charge is -2.41. The molecule has 0 bridgehead atoms. The molecule has 774 valence electrons. The van der Waals surface area contributed by atoms with Gasteiger partial charge in [-0.05, 0) is 211 Å². The van der Waals surface area contributed by atoms with E-state index in [0.29, 0.717) is 53.0 Å². The number of nitrogens with two attached hydrogens (primary N) is 5. The van der Waals surface area contributed by atoms with E-state index in [2.05, 4.69) is 69.0 Å². The molecular weight excluding hydrogens is 2000 g/mol. The third-order valence-corrected chi connectivity index (χ3v) is 31.7. The van der Waals surface area contributed by atoms with Gasteiger partial charge >= 0.3 is 6.18 Å². The fourth-order valence-corrected chi connectivity index (χ4v) is 22.8. The first-order valence-corrected chi connectivity index (χ1v) is 51.6. The van der Waals surface area contributed by atoms with E-state index in [9.17, 15) is 51.6 Å². The van der Waals surface area contributed by atoms with Gasteiger partial charge in [-0.15, -0.1) is 27.8 Å². The molecule has 2 aliphatic carbocycles. The SMILES string of the molecule is CC[C@@]1(c2cc(-c3cccnc3)cs2)CC(=O)N(C)C(N)=N1.CN(C(=O)c1cccc(CN2C(=O)C(c3ccccc3)(c3ccccc3)N=C2N)c1)C1CCCCC1.CN1C(=O)C(Cc2cnnn2-c2cccc(Br)c2)[C@@](C)(c2cc(-c3cccc(C#N)c3)cs2)N=C1N.CN1C(=O)[C@@H](c2ccc(C(F)(F)F)cc2)[C@@](C)(c2ccc(F)cc2)N=C1N.COc1ccc(CN[C@@H]2CCC[C@H](C[C@@]3(C)N=C(N)N(C)C3=O)C2)c(OC)c1. The average molecular weight is 2120 g/mol. The summed E-state index contributed by atoms with van der Waals surface area (Å²) in [5.74, 6) is 0.417. The van der Waals surface area contributed by atoms with E-state index in [-0.39, 0.29) is 66.0 Å². The number of carbonyl (C=O) groups is 6. The van der Waals surface area contributed by atoms with E-state index in [0.717, 1.165) is 157 Å². The van der Waals surface area contributed by atoms with Crippen LogP contribution in [0.15, 0.2) is 283 Å². The van der Waals surface area contributed by atoms with Gasteiger partial charge in [0, 0.05) is 110 Å². The number of likely N-dealkylation sites (N-methyl/N-ethyl adjacent to an activating group) is 2. The minimum absolute atomic E-state index is 0.00283. The van der Waals surface area contributed by atoms with Crippen LogP contribution in [0.3, 0.4) is 0 Å². The molecule has 30 nitrogen and oxygen atoms in total. The van der Waals surface area contributed by atoms with Crippen LogP contribution in [0.25, 0.3) is 27.9 Å². The fraction of sp³-hybridized carbons (Fsp3) is 0.330. The molecule has 0 spiro atoms. The van der Waals surface area contributed by atoms with Gasteiger partial charge in [-0.2, -0.15) is 18.4 Å². The Hall–Kier alpha value is -15.1. The molecule has 19 rings (SSSR count). The van der Waals surface area contributed by atoms with Crippen molar-refractivity contribution in [2.24, 2.45) is 65.5 Å². The predicted octanol–water partition coefficient (Wildman–Crippen LogP) is 17.7. The van der Waals surface area contributed by atoms with Crippen molar-refractivity contribution >= 4 is 104 Å². The number of rotatable bonds is 23. The molecule has 1 unspecified atom stereocenters. The number of nitriles is 1. The van der Waals surface area contributed by atoms with E-state index >= 15 is 0 Å². The largest absolute Gasteiger partial charge is 0.497 e. The molecule has 8 aromatic carbocycles. The molecule has 12 aromatic rings. The second-order valence-corrected chi connectivity index (χ2v) is 41.3.